The van der Waals surface area contributed by atoms with Crippen LogP contribution in [0.5, 0.6) is 0 Å². The lowest BCUT2D eigenvalue weighted by Crippen LogP contribution is -2.13. The van der Waals surface area contributed by atoms with Gasteiger partial charge in [-0.25, -0.2) is 8.42 Å². The van der Waals surface area contributed by atoms with E-state index in [0.29, 0.717) is 0 Å². The zero-order valence-corrected chi connectivity index (χ0v) is 13.3. The van der Waals surface area contributed by atoms with Gasteiger partial charge in [0.25, 0.3) is 9.05 Å². The minimum absolute atomic E-state index is 0.101. The second-order valence-corrected chi connectivity index (χ2v) is 6.25. The molecule has 0 N–H and O–H groups in total. The minimum atomic E-state index is -4.00. The van der Waals surface area contributed by atoms with Gasteiger partial charge >= 0.3 is 0 Å². The number of allylic oxidation sites excluding steroid dienone is 2. The van der Waals surface area contributed by atoms with E-state index in [-0.39, 0.29) is 22.5 Å². The van der Waals surface area contributed by atoms with E-state index in [9.17, 15) is 8.42 Å². The molecule has 0 aliphatic carbocycles. The summed E-state index contributed by atoms with van der Waals surface area (Å²) in [5.74, 6) is 0.245. The van der Waals surface area contributed by atoms with Crippen LogP contribution >= 0.6 is 10.7 Å². The van der Waals surface area contributed by atoms with Gasteiger partial charge in [-0.2, -0.15) is 0 Å². The van der Waals surface area contributed by atoms with Crippen LogP contribution in [0.4, 0.5) is 0 Å². The average Bonchev–Trinajstić information content (AvgIpc) is 2.37. The summed E-state index contributed by atoms with van der Waals surface area (Å²) in [5, 5.41) is 0. The number of halogens is 1. The number of rotatable bonds is 8. The average molecular weight is 309 g/mol. The highest BCUT2D eigenvalue weighted by Crippen LogP contribution is 2.28. The zero-order valence-electron chi connectivity index (χ0n) is 11.8. The van der Waals surface area contributed by atoms with Gasteiger partial charge in [-0.1, -0.05) is 20.4 Å². The summed E-state index contributed by atoms with van der Waals surface area (Å²) in [6.07, 6.45) is 4.24. The molecule has 0 aliphatic heterocycles. The SMILES string of the molecule is C=C/C(OC(CC)CC)=C(\C(=C/C)OC)S(=O)(=O)Cl. The zero-order chi connectivity index (χ0) is 15.1. The second kappa shape index (κ2) is 8.27. The normalized spacial score (nSPS) is 14.1. The quantitative estimate of drug-likeness (QED) is 0.390. The van der Waals surface area contributed by atoms with Crippen molar-refractivity contribution in [3.63, 3.8) is 0 Å². The van der Waals surface area contributed by atoms with Gasteiger partial charge in [0.1, 0.15) is 11.5 Å². The molecule has 0 aliphatic rings. The molecule has 0 atom stereocenters. The lowest BCUT2D eigenvalue weighted by molar-refractivity contribution is 0.116. The van der Waals surface area contributed by atoms with Gasteiger partial charge in [0.2, 0.25) is 0 Å². The molecule has 0 saturated carbocycles. The molecule has 4 nitrogen and oxygen atoms in total. The molecule has 0 aromatic carbocycles. The summed E-state index contributed by atoms with van der Waals surface area (Å²) >= 11 is 0. The first-order chi connectivity index (χ1) is 8.85. The standard InChI is InChI=1S/C13H21ClO4S/c1-6-10(7-2)18-12(9-4)13(19(14,15)16)11(8-3)17-5/h8-10H,4,6-7H2,1-3,5H3/b11-8+,13-12-. The van der Waals surface area contributed by atoms with E-state index in [1.807, 2.05) is 13.8 Å². The van der Waals surface area contributed by atoms with Crippen molar-refractivity contribution in [3.05, 3.63) is 35.2 Å². The molecule has 0 aromatic rings. The van der Waals surface area contributed by atoms with Crippen LogP contribution in [0.2, 0.25) is 0 Å². The Morgan fingerprint density at radius 2 is 1.89 bits per heavy atom. The maximum absolute atomic E-state index is 11.7. The molecule has 0 bridgehead atoms. The molecule has 0 rings (SSSR count). The molecule has 0 fully saturated rings. The first-order valence-corrected chi connectivity index (χ1v) is 8.35. The Hall–Kier alpha value is -0.940. The van der Waals surface area contributed by atoms with Crippen LogP contribution < -0.4 is 0 Å². The summed E-state index contributed by atoms with van der Waals surface area (Å²) in [4.78, 5) is -0.193. The number of hydrogen-bond acceptors (Lipinski definition) is 4. The Labute approximate surface area is 120 Å². The molecule has 0 saturated heterocycles. The van der Waals surface area contributed by atoms with Crippen molar-refractivity contribution >= 4 is 19.7 Å². The Bertz CT molecular complexity index is 459. The highest BCUT2D eigenvalue weighted by molar-refractivity contribution is 8.17. The van der Waals surface area contributed by atoms with Crippen LogP contribution in [0.25, 0.3) is 0 Å². The lowest BCUT2D eigenvalue weighted by atomic mass is 10.2. The largest absolute Gasteiger partial charge is 0.496 e. The molecular weight excluding hydrogens is 288 g/mol. The van der Waals surface area contributed by atoms with Gasteiger partial charge in [-0.05, 0) is 31.9 Å². The predicted octanol–water partition coefficient (Wildman–Crippen LogP) is 3.71. The van der Waals surface area contributed by atoms with Crippen molar-refractivity contribution < 1.29 is 17.9 Å². The third-order valence-corrected chi connectivity index (χ3v) is 3.92. The van der Waals surface area contributed by atoms with Gasteiger partial charge in [0.15, 0.2) is 4.91 Å². The number of methoxy groups -OCH3 is 1. The smallest absolute Gasteiger partial charge is 0.268 e. The van der Waals surface area contributed by atoms with Crippen molar-refractivity contribution in [2.45, 2.75) is 39.7 Å². The molecule has 0 radical (unpaired) electrons. The third kappa shape index (κ3) is 5.28. The Kier molecular flexibility index (Phi) is 7.87. The highest BCUT2D eigenvalue weighted by atomic mass is 35.7. The van der Waals surface area contributed by atoms with Gasteiger partial charge in [-0.3, -0.25) is 0 Å². The summed E-state index contributed by atoms with van der Waals surface area (Å²) in [7, 11) is 2.83. The van der Waals surface area contributed by atoms with E-state index in [2.05, 4.69) is 6.58 Å². The van der Waals surface area contributed by atoms with E-state index < -0.39 is 9.05 Å². The van der Waals surface area contributed by atoms with Gasteiger partial charge in [0.05, 0.1) is 13.2 Å². The van der Waals surface area contributed by atoms with Crippen molar-refractivity contribution in [1.29, 1.82) is 0 Å². The van der Waals surface area contributed by atoms with Crippen LogP contribution in [0.15, 0.2) is 35.2 Å². The topological polar surface area (TPSA) is 52.6 Å². The van der Waals surface area contributed by atoms with Crippen molar-refractivity contribution in [2.75, 3.05) is 7.11 Å². The van der Waals surface area contributed by atoms with E-state index >= 15 is 0 Å². The van der Waals surface area contributed by atoms with E-state index in [1.54, 1.807) is 6.92 Å². The maximum Gasteiger partial charge on any atom is 0.268 e. The molecule has 19 heavy (non-hydrogen) atoms. The number of ether oxygens (including phenoxy) is 2. The second-order valence-electron chi connectivity index (χ2n) is 3.75. The fourth-order valence-electron chi connectivity index (χ4n) is 1.53. The van der Waals surface area contributed by atoms with Crippen LogP contribution in [0.3, 0.4) is 0 Å². The Morgan fingerprint density at radius 1 is 1.37 bits per heavy atom. The van der Waals surface area contributed by atoms with Crippen LogP contribution in [-0.2, 0) is 18.5 Å². The van der Waals surface area contributed by atoms with Gasteiger partial charge in [-0.15, -0.1) is 0 Å². The first-order valence-electron chi connectivity index (χ1n) is 6.04. The summed E-state index contributed by atoms with van der Waals surface area (Å²) in [6.45, 7) is 9.14. The van der Waals surface area contributed by atoms with Gasteiger partial charge in [0, 0.05) is 10.7 Å². The molecule has 6 heteroatoms. The van der Waals surface area contributed by atoms with Crippen molar-refractivity contribution in [3.8, 4) is 0 Å². The number of hydrogen-bond donors (Lipinski definition) is 0. The fourth-order valence-corrected chi connectivity index (χ4v) is 2.80. The van der Waals surface area contributed by atoms with E-state index in [1.165, 1.54) is 19.3 Å². The molecule has 0 amide bonds. The van der Waals surface area contributed by atoms with E-state index in [4.69, 9.17) is 20.2 Å². The maximum atomic E-state index is 11.7. The fraction of sp³-hybridized carbons (Fsp3) is 0.538. The molecular formula is C13H21ClO4S. The lowest BCUT2D eigenvalue weighted by Gasteiger charge is -2.19. The Balaban J connectivity index is 5.86. The van der Waals surface area contributed by atoms with Crippen LogP contribution in [0.1, 0.15) is 33.6 Å². The van der Waals surface area contributed by atoms with Crippen LogP contribution in [0, 0.1) is 0 Å². The van der Waals surface area contributed by atoms with Crippen LogP contribution in [-0.4, -0.2) is 21.6 Å². The third-order valence-electron chi connectivity index (χ3n) is 2.56. The van der Waals surface area contributed by atoms with Crippen molar-refractivity contribution in [2.24, 2.45) is 0 Å². The molecule has 0 unspecified atom stereocenters. The van der Waals surface area contributed by atoms with Gasteiger partial charge < -0.3 is 9.47 Å². The Morgan fingerprint density at radius 3 is 2.16 bits per heavy atom. The predicted molar refractivity (Wildman–Crippen MR) is 78.2 cm³/mol. The monoisotopic (exact) mass is 308 g/mol. The highest BCUT2D eigenvalue weighted by Gasteiger charge is 2.25. The summed E-state index contributed by atoms with van der Waals surface area (Å²) in [6, 6.07) is 0. The summed E-state index contributed by atoms with van der Waals surface area (Å²) < 4.78 is 34.1. The molecule has 0 aromatic heterocycles. The van der Waals surface area contributed by atoms with Crippen molar-refractivity contribution in [1.82, 2.24) is 0 Å². The molecule has 0 spiro atoms. The first kappa shape index (κ1) is 18.1. The molecule has 110 valence electrons. The molecule has 0 heterocycles. The summed E-state index contributed by atoms with van der Waals surface area (Å²) in [5.41, 5.74) is 0. The van der Waals surface area contributed by atoms with E-state index in [0.717, 1.165) is 12.8 Å². The minimum Gasteiger partial charge on any atom is -0.496 e.